The first kappa shape index (κ1) is 18.2. The summed E-state index contributed by atoms with van der Waals surface area (Å²) in [6.45, 7) is 8.98. The Bertz CT molecular complexity index is 989. The van der Waals surface area contributed by atoms with Crippen LogP contribution < -0.4 is 0 Å². The minimum atomic E-state index is 0.179. The van der Waals surface area contributed by atoms with Crippen molar-refractivity contribution in [3.05, 3.63) is 70.8 Å². The third kappa shape index (κ3) is 1.59. The van der Waals surface area contributed by atoms with Gasteiger partial charge in [0.2, 0.25) is 0 Å². The molecule has 2 aromatic carbocycles. The Morgan fingerprint density at radius 1 is 0.897 bits per heavy atom. The molecule has 1 nitrogen and oxygen atoms in total. The van der Waals surface area contributed by atoms with Crippen molar-refractivity contribution < 1.29 is 4.48 Å². The van der Waals surface area contributed by atoms with Gasteiger partial charge >= 0.3 is 0 Å². The van der Waals surface area contributed by atoms with Crippen molar-refractivity contribution in [3.63, 3.8) is 0 Å². The SMILES string of the molecule is CC.CCCC[C@]12c3ccccc3C3(C)c4ccccc4[C@]4(CC5CC5)CC1[N+]342. The van der Waals surface area contributed by atoms with Crippen molar-refractivity contribution >= 4 is 0 Å². The monoisotopic (exact) mass is 386 g/mol. The molecule has 0 amide bonds. The summed E-state index contributed by atoms with van der Waals surface area (Å²) >= 11 is 0. The summed E-state index contributed by atoms with van der Waals surface area (Å²) in [4.78, 5) is 0. The van der Waals surface area contributed by atoms with Gasteiger partial charge in [-0.2, -0.15) is 0 Å². The molecule has 29 heavy (non-hydrogen) atoms. The van der Waals surface area contributed by atoms with Crippen LogP contribution in [0.4, 0.5) is 0 Å². The van der Waals surface area contributed by atoms with Gasteiger partial charge in [0.25, 0.3) is 0 Å². The summed E-state index contributed by atoms with van der Waals surface area (Å²) in [6, 6.07) is 20.1. The van der Waals surface area contributed by atoms with Gasteiger partial charge < -0.3 is 0 Å². The maximum atomic E-state index is 2.62. The van der Waals surface area contributed by atoms with E-state index in [4.69, 9.17) is 0 Å². The van der Waals surface area contributed by atoms with Gasteiger partial charge in [0.15, 0.2) is 17.1 Å². The molecule has 5 atom stereocenters. The molecule has 4 aliphatic heterocycles. The van der Waals surface area contributed by atoms with E-state index in [9.17, 15) is 0 Å². The van der Waals surface area contributed by atoms with Crippen LogP contribution >= 0.6 is 0 Å². The molecule has 1 saturated carbocycles. The van der Waals surface area contributed by atoms with Crippen LogP contribution in [0.15, 0.2) is 48.5 Å². The number of hydrogen-bond acceptors (Lipinski definition) is 0. The summed E-state index contributed by atoms with van der Waals surface area (Å²) in [5.74, 6) is 0.988. The molecule has 152 valence electrons. The lowest BCUT2D eigenvalue weighted by atomic mass is 9.75. The lowest BCUT2D eigenvalue weighted by Gasteiger charge is -2.51. The van der Waals surface area contributed by atoms with Crippen molar-refractivity contribution in [3.8, 4) is 0 Å². The number of benzene rings is 2. The van der Waals surface area contributed by atoms with Gasteiger partial charge in [-0.05, 0) is 32.1 Å². The summed E-state index contributed by atoms with van der Waals surface area (Å²) in [6.07, 6.45) is 9.90. The van der Waals surface area contributed by atoms with Gasteiger partial charge in [-0.3, -0.25) is 4.48 Å². The highest BCUT2D eigenvalue weighted by Gasteiger charge is 3.03. The smallest absolute Gasteiger partial charge is 0.180 e. The van der Waals surface area contributed by atoms with Crippen LogP contribution in [0, 0.1) is 5.92 Å². The normalized spacial score (nSPS) is 41.3. The zero-order chi connectivity index (χ0) is 20.1. The first-order valence-electron chi connectivity index (χ1n) is 12.3. The van der Waals surface area contributed by atoms with Gasteiger partial charge in [0.1, 0.15) is 5.54 Å². The van der Waals surface area contributed by atoms with Crippen LogP contribution in [0.3, 0.4) is 0 Å². The van der Waals surface area contributed by atoms with Crippen molar-refractivity contribution in [1.29, 1.82) is 0 Å². The maximum absolute atomic E-state index is 2.62. The van der Waals surface area contributed by atoms with Gasteiger partial charge in [-0.15, -0.1) is 0 Å². The molecule has 5 aliphatic rings. The van der Waals surface area contributed by atoms with Gasteiger partial charge in [0, 0.05) is 35.1 Å². The van der Waals surface area contributed by atoms with Crippen molar-refractivity contribution in [2.24, 2.45) is 5.92 Å². The number of unbranched alkanes of at least 4 members (excludes halogenated alkanes) is 1. The number of rotatable bonds is 5. The first-order valence-corrected chi connectivity index (χ1v) is 12.3. The van der Waals surface area contributed by atoms with Gasteiger partial charge in [-0.25, -0.2) is 0 Å². The number of quaternary nitrogens is 1. The predicted octanol–water partition coefficient (Wildman–Crippen LogP) is 6.99. The molecule has 7 rings (SSSR count). The zero-order valence-corrected chi connectivity index (χ0v) is 18.7. The summed E-state index contributed by atoms with van der Waals surface area (Å²) < 4.78 is 1.39. The topological polar surface area (TPSA) is 0 Å². The van der Waals surface area contributed by atoms with Crippen LogP contribution in [-0.2, 0) is 16.6 Å². The zero-order valence-electron chi connectivity index (χ0n) is 18.7. The molecule has 2 aromatic rings. The molecule has 0 bridgehead atoms. The van der Waals surface area contributed by atoms with E-state index in [1.165, 1.54) is 49.4 Å². The van der Waals surface area contributed by atoms with Crippen LogP contribution in [0.2, 0.25) is 0 Å². The van der Waals surface area contributed by atoms with Crippen LogP contribution in [0.5, 0.6) is 0 Å². The molecule has 0 N–H and O–H groups in total. The fourth-order valence-corrected chi connectivity index (χ4v) is 8.88. The van der Waals surface area contributed by atoms with Crippen molar-refractivity contribution in [2.75, 3.05) is 0 Å². The second kappa shape index (κ2) is 5.55. The molecule has 1 spiro atoms. The Labute approximate surface area is 176 Å². The highest BCUT2D eigenvalue weighted by Crippen LogP contribution is 2.91. The molecule has 1 aliphatic carbocycles. The van der Waals surface area contributed by atoms with E-state index in [0.29, 0.717) is 11.1 Å². The molecule has 0 aromatic heterocycles. The number of fused-ring (bicyclic) bond motifs is 7. The van der Waals surface area contributed by atoms with E-state index in [1.807, 2.05) is 13.8 Å². The molecule has 2 saturated heterocycles. The van der Waals surface area contributed by atoms with Crippen LogP contribution in [0.1, 0.15) is 94.9 Å². The summed E-state index contributed by atoms with van der Waals surface area (Å²) in [5.41, 5.74) is 7.76. The van der Waals surface area contributed by atoms with E-state index in [2.05, 4.69) is 62.4 Å². The van der Waals surface area contributed by atoms with Crippen molar-refractivity contribution in [1.82, 2.24) is 0 Å². The Hall–Kier alpha value is -1.60. The Kier molecular flexibility index (Phi) is 3.48. The number of hydrogen-bond donors (Lipinski definition) is 0. The second-order valence-corrected chi connectivity index (χ2v) is 10.3. The molecular weight excluding hydrogens is 350 g/mol. The lowest BCUT2D eigenvalue weighted by molar-refractivity contribution is -0.975. The average molecular weight is 387 g/mol. The quantitative estimate of drug-likeness (QED) is 0.384. The average Bonchev–Trinajstić information content (AvgIpc) is 3.63. The standard InChI is InChI=1S/C26H30N.C2H6/c1-3-4-15-26-22-12-8-6-10-20(22)24(2)19-9-5-7-11-21(19)25(16-18-13-14-18)17-23(26)27(24,25)26;1-2/h5-12,18,23H,3-4,13-17H2,1-2H3;1-2H3/q+1;/t23?,24?,25-,26-,27?;/m0./s1. The van der Waals surface area contributed by atoms with E-state index < -0.39 is 0 Å². The molecule has 3 fully saturated rings. The lowest BCUT2D eigenvalue weighted by Crippen LogP contribution is -2.62. The van der Waals surface area contributed by atoms with E-state index in [1.54, 1.807) is 22.3 Å². The maximum Gasteiger partial charge on any atom is 0.180 e. The molecule has 4 heterocycles. The third-order valence-corrected chi connectivity index (χ3v) is 9.60. The molecule has 1 heteroatoms. The summed E-state index contributed by atoms with van der Waals surface area (Å²) in [7, 11) is 0. The summed E-state index contributed by atoms with van der Waals surface area (Å²) in [5, 5.41) is 0. The van der Waals surface area contributed by atoms with E-state index >= 15 is 0 Å². The Balaban J connectivity index is 0.000000803. The largest absolute Gasteiger partial charge is 0.281 e. The second-order valence-electron chi connectivity index (χ2n) is 10.3. The molecular formula is C28H36N+. The highest BCUT2D eigenvalue weighted by atomic mass is 15.7. The fraction of sp³-hybridized carbons (Fsp3) is 0.571. The first-order chi connectivity index (χ1) is 14.2. The number of nitrogens with zero attached hydrogens (tertiary/aromatic N) is 1. The van der Waals surface area contributed by atoms with Gasteiger partial charge in [-0.1, -0.05) is 75.7 Å². The van der Waals surface area contributed by atoms with E-state index in [-0.39, 0.29) is 5.54 Å². The molecule has 3 unspecified atom stereocenters. The molecule has 0 radical (unpaired) electrons. The van der Waals surface area contributed by atoms with Crippen LogP contribution in [-0.4, -0.2) is 10.5 Å². The minimum Gasteiger partial charge on any atom is -0.281 e. The van der Waals surface area contributed by atoms with Gasteiger partial charge in [0.05, 0.1) is 6.42 Å². The third-order valence-electron chi connectivity index (χ3n) is 9.60. The Morgan fingerprint density at radius 3 is 2.10 bits per heavy atom. The fourth-order valence-electron chi connectivity index (χ4n) is 8.88. The Morgan fingerprint density at radius 2 is 1.48 bits per heavy atom. The van der Waals surface area contributed by atoms with Crippen LogP contribution in [0.25, 0.3) is 0 Å². The minimum absolute atomic E-state index is 0.179. The van der Waals surface area contributed by atoms with E-state index in [0.717, 1.165) is 12.0 Å². The predicted molar refractivity (Wildman–Crippen MR) is 120 cm³/mol. The highest BCUT2D eigenvalue weighted by molar-refractivity contribution is 5.62. The van der Waals surface area contributed by atoms with Crippen molar-refractivity contribution in [2.45, 2.75) is 95.3 Å².